The summed E-state index contributed by atoms with van der Waals surface area (Å²) >= 11 is 0. The average Bonchev–Trinajstić information content (AvgIpc) is 2.53. The third-order valence-corrected chi connectivity index (χ3v) is 4.33. The number of esters is 1. The lowest BCUT2D eigenvalue weighted by atomic mass is 9.83. The lowest BCUT2D eigenvalue weighted by Crippen LogP contribution is -2.36. The minimum atomic E-state index is -0.228. The molecule has 118 valence electrons. The van der Waals surface area contributed by atoms with Crippen molar-refractivity contribution in [3.8, 4) is 0 Å². The van der Waals surface area contributed by atoms with Gasteiger partial charge in [0.05, 0.1) is 13.5 Å². The summed E-state index contributed by atoms with van der Waals surface area (Å²) in [5.74, 6) is -0.228. The molecule has 0 saturated heterocycles. The van der Waals surface area contributed by atoms with Crippen LogP contribution in [0.1, 0.15) is 37.8 Å². The molecule has 0 amide bonds. The monoisotopic (exact) mass is 293 g/mol. The fourth-order valence-corrected chi connectivity index (χ4v) is 2.37. The molecule has 0 aromatic heterocycles. The van der Waals surface area contributed by atoms with Gasteiger partial charge in [-0.2, -0.15) is 0 Å². The molecule has 1 aromatic carbocycles. The van der Waals surface area contributed by atoms with Crippen molar-refractivity contribution in [2.24, 2.45) is 5.41 Å². The van der Waals surface area contributed by atoms with Crippen LogP contribution in [0.25, 0.3) is 0 Å². The summed E-state index contributed by atoms with van der Waals surface area (Å²) in [5, 5.41) is 13.0. The zero-order chi connectivity index (χ0) is 15.7. The summed E-state index contributed by atoms with van der Waals surface area (Å²) < 4.78 is 4.73. The maximum atomic E-state index is 11.4. The van der Waals surface area contributed by atoms with Crippen molar-refractivity contribution in [2.45, 2.75) is 39.7 Å². The minimum Gasteiger partial charge on any atom is -0.469 e. The smallest absolute Gasteiger partial charge is 0.309 e. The van der Waals surface area contributed by atoms with Crippen LogP contribution in [0, 0.1) is 5.41 Å². The summed E-state index contributed by atoms with van der Waals surface area (Å²) in [4.78, 5) is 11.4. The third kappa shape index (κ3) is 5.14. The number of aliphatic hydroxyl groups excluding tert-OH is 1. The number of benzene rings is 1. The van der Waals surface area contributed by atoms with Crippen LogP contribution in [-0.4, -0.2) is 31.3 Å². The molecule has 0 aliphatic rings. The number of ether oxygens (including phenoxy) is 1. The number of methoxy groups -OCH3 is 1. The van der Waals surface area contributed by atoms with Crippen molar-refractivity contribution in [2.75, 3.05) is 20.3 Å². The second-order valence-electron chi connectivity index (χ2n) is 5.49. The van der Waals surface area contributed by atoms with E-state index in [2.05, 4.69) is 19.2 Å². The normalized spacial score (nSPS) is 11.4. The molecule has 0 fully saturated rings. The molecule has 2 N–H and O–H groups in total. The van der Waals surface area contributed by atoms with Gasteiger partial charge < -0.3 is 15.2 Å². The van der Waals surface area contributed by atoms with E-state index >= 15 is 0 Å². The van der Waals surface area contributed by atoms with Gasteiger partial charge in [-0.25, -0.2) is 0 Å². The Labute approximate surface area is 127 Å². The summed E-state index contributed by atoms with van der Waals surface area (Å²) in [7, 11) is 1.40. The largest absolute Gasteiger partial charge is 0.469 e. The highest BCUT2D eigenvalue weighted by Crippen LogP contribution is 2.24. The van der Waals surface area contributed by atoms with Gasteiger partial charge in [0.1, 0.15) is 0 Å². The number of rotatable bonds is 9. The number of hydrogen-bond acceptors (Lipinski definition) is 4. The van der Waals surface area contributed by atoms with E-state index in [1.807, 2.05) is 24.3 Å². The van der Waals surface area contributed by atoms with E-state index in [0.717, 1.165) is 30.5 Å². The van der Waals surface area contributed by atoms with Crippen LogP contribution >= 0.6 is 0 Å². The van der Waals surface area contributed by atoms with E-state index in [0.29, 0.717) is 13.0 Å². The number of aliphatic hydroxyl groups is 1. The van der Waals surface area contributed by atoms with Crippen molar-refractivity contribution >= 4 is 5.97 Å². The van der Waals surface area contributed by atoms with Crippen LogP contribution in [0.3, 0.4) is 0 Å². The van der Waals surface area contributed by atoms with Gasteiger partial charge in [-0.3, -0.25) is 4.79 Å². The Morgan fingerprint density at radius 1 is 1.24 bits per heavy atom. The SMILES string of the molecule is CCC(CC)(CO)CNCc1ccccc1CC(=O)OC. The summed E-state index contributed by atoms with van der Waals surface area (Å²) in [6.07, 6.45) is 2.18. The van der Waals surface area contributed by atoms with Gasteiger partial charge in [0, 0.05) is 25.1 Å². The Morgan fingerprint density at radius 2 is 1.86 bits per heavy atom. The summed E-state index contributed by atoms with van der Waals surface area (Å²) in [6.45, 7) is 5.86. The van der Waals surface area contributed by atoms with Crippen molar-refractivity contribution in [1.29, 1.82) is 0 Å². The molecule has 0 spiro atoms. The molecule has 0 atom stereocenters. The van der Waals surface area contributed by atoms with Crippen molar-refractivity contribution < 1.29 is 14.6 Å². The first-order chi connectivity index (χ1) is 10.1. The van der Waals surface area contributed by atoms with Gasteiger partial charge in [0.2, 0.25) is 0 Å². The Bertz CT molecular complexity index is 433. The Morgan fingerprint density at radius 3 is 2.38 bits per heavy atom. The first-order valence-electron chi connectivity index (χ1n) is 7.56. The molecule has 0 saturated carbocycles. The molecular weight excluding hydrogens is 266 g/mol. The van der Waals surface area contributed by atoms with Gasteiger partial charge in [-0.1, -0.05) is 38.1 Å². The van der Waals surface area contributed by atoms with Crippen LogP contribution in [0.4, 0.5) is 0 Å². The molecule has 1 aromatic rings. The Kier molecular flexibility index (Phi) is 7.40. The lowest BCUT2D eigenvalue weighted by molar-refractivity contribution is -0.139. The van der Waals surface area contributed by atoms with E-state index in [1.165, 1.54) is 7.11 Å². The van der Waals surface area contributed by atoms with Crippen LogP contribution in [-0.2, 0) is 22.5 Å². The molecule has 4 nitrogen and oxygen atoms in total. The number of nitrogens with one attached hydrogen (secondary N) is 1. The highest BCUT2D eigenvalue weighted by atomic mass is 16.5. The number of carbonyl (C=O) groups is 1. The van der Waals surface area contributed by atoms with Crippen molar-refractivity contribution in [3.63, 3.8) is 0 Å². The maximum absolute atomic E-state index is 11.4. The van der Waals surface area contributed by atoms with Crippen LogP contribution in [0.5, 0.6) is 0 Å². The molecule has 0 aliphatic heterocycles. The van der Waals surface area contributed by atoms with E-state index in [-0.39, 0.29) is 18.0 Å². The number of carbonyl (C=O) groups excluding carboxylic acids is 1. The molecule has 0 heterocycles. The van der Waals surface area contributed by atoms with Gasteiger partial charge in [0.15, 0.2) is 0 Å². The van der Waals surface area contributed by atoms with Gasteiger partial charge >= 0.3 is 5.97 Å². The zero-order valence-corrected chi connectivity index (χ0v) is 13.3. The molecule has 4 heteroatoms. The molecule has 21 heavy (non-hydrogen) atoms. The first kappa shape index (κ1) is 17.7. The van der Waals surface area contributed by atoms with E-state index in [4.69, 9.17) is 4.74 Å². The quantitative estimate of drug-likeness (QED) is 0.686. The first-order valence-corrected chi connectivity index (χ1v) is 7.56. The van der Waals surface area contributed by atoms with Crippen LogP contribution < -0.4 is 5.32 Å². The van der Waals surface area contributed by atoms with Crippen molar-refractivity contribution in [1.82, 2.24) is 5.32 Å². The van der Waals surface area contributed by atoms with E-state index in [9.17, 15) is 9.90 Å². The zero-order valence-electron chi connectivity index (χ0n) is 13.3. The average molecular weight is 293 g/mol. The maximum Gasteiger partial charge on any atom is 0.309 e. The molecule has 0 unspecified atom stereocenters. The Balaban J connectivity index is 2.65. The molecule has 1 rings (SSSR count). The summed E-state index contributed by atoms with van der Waals surface area (Å²) in [6, 6.07) is 7.87. The number of hydrogen-bond donors (Lipinski definition) is 2. The fourth-order valence-electron chi connectivity index (χ4n) is 2.37. The molecule has 0 radical (unpaired) electrons. The standard InChI is InChI=1S/C17H27NO3/c1-4-17(5-2,13-19)12-18-11-15-9-7-6-8-14(15)10-16(20)21-3/h6-9,18-19H,4-5,10-13H2,1-3H3. The molecule has 0 aliphatic carbocycles. The predicted octanol–water partition coefficient (Wildman–Crippen LogP) is 2.29. The van der Waals surface area contributed by atoms with Crippen LogP contribution in [0.15, 0.2) is 24.3 Å². The van der Waals surface area contributed by atoms with Gasteiger partial charge in [0.25, 0.3) is 0 Å². The van der Waals surface area contributed by atoms with Crippen LogP contribution in [0.2, 0.25) is 0 Å². The third-order valence-electron chi connectivity index (χ3n) is 4.33. The topological polar surface area (TPSA) is 58.6 Å². The lowest BCUT2D eigenvalue weighted by Gasteiger charge is -2.29. The van der Waals surface area contributed by atoms with E-state index in [1.54, 1.807) is 0 Å². The second kappa shape index (κ2) is 8.80. The summed E-state index contributed by atoms with van der Waals surface area (Å²) in [5.41, 5.74) is 2.03. The minimum absolute atomic E-state index is 0.0582. The molecular formula is C17H27NO3. The van der Waals surface area contributed by atoms with Gasteiger partial charge in [-0.15, -0.1) is 0 Å². The van der Waals surface area contributed by atoms with Gasteiger partial charge in [-0.05, 0) is 24.0 Å². The second-order valence-corrected chi connectivity index (χ2v) is 5.49. The highest BCUT2D eigenvalue weighted by molar-refractivity contribution is 5.72. The molecule has 0 bridgehead atoms. The fraction of sp³-hybridized carbons (Fsp3) is 0.588. The van der Waals surface area contributed by atoms with E-state index < -0.39 is 0 Å². The highest BCUT2D eigenvalue weighted by Gasteiger charge is 2.24. The van der Waals surface area contributed by atoms with Crippen molar-refractivity contribution in [3.05, 3.63) is 35.4 Å². The predicted molar refractivity (Wildman–Crippen MR) is 84.0 cm³/mol. The Hall–Kier alpha value is -1.39.